The van der Waals surface area contributed by atoms with Crippen LogP contribution in [0.3, 0.4) is 0 Å². The molecule has 7 heteroatoms. The highest BCUT2D eigenvalue weighted by molar-refractivity contribution is 5.94. The lowest BCUT2D eigenvalue weighted by Crippen LogP contribution is -2.15. The van der Waals surface area contributed by atoms with E-state index in [1.165, 1.54) is 19.1 Å². The van der Waals surface area contributed by atoms with Crippen molar-refractivity contribution in [2.45, 2.75) is 39.0 Å². The molecule has 0 spiro atoms. The molecule has 0 saturated heterocycles. The van der Waals surface area contributed by atoms with Gasteiger partial charge in [0.05, 0.1) is 6.42 Å². The van der Waals surface area contributed by atoms with Gasteiger partial charge in [-0.25, -0.2) is 4.79 Å². The summed E-state index contributed by atoms with van der Waals surface area (Å²) in [6, 6.07) is 6.11. The molecule has 25 heavy (non-hydrogen) atoms. The number of amides is 2. The minimum Gasteiger partial charge on any atom is -0.423 e. The number of rotatable bonds is 8. The molecule has 1 heterocycles. The minimum absolute atomic E-state index is 0.0655. The van der Waals surface area contributed by atoms with E-state index in [9.17, 15) is 19.2 Å². The van der Waals surface area contributed by atoms with Crippen LogP contribution >= 0.6 is 0 Å². The fourth-order valence-electron chi connectivity index (χ4n) is 2.52. The molecule has 7 nitrogen and oxygen atoms in total. The molecule has 0 aliphatic rings. The van der Waals surface area contributed by atoms with Crippen molar-refractivity contribution in [3.8, 4) is 0 Å². The number of ketones is 1. The van der Waals surface area contributed by atoms with Crippen molar-refractivity contribution in [1.82, 2.24) is 0 Å². The van der Waals surface area contributed by atoms with Gasteiger partial charge in [-0.1, -0.05) is 0 Å². The van der Waals surface area contributed by atoms with Crippen molar-refractivity contribution in [3.05, 3.63) is 40.2 Å². The van der Waals surface area contributed by atoms with Crippen LogP contribution in [0.1, 0.15) is 38.2 Å². The van der Waals surface area contributed by atoms with E-state index in [0.29, 0.717) is 42.3 Å². The van der Waals surface area contributed by atoms with E-state index in [1.807, 2.05) is 0 Å². The predicted octanol–water partition coefficient (Wildman–Crippen LogP) is 1.91. The lowest BCUT2D eigenvalue weighted by Gasteiger charge is -2.08. The number of primary amides is 1. The van der Waals surface area contributed by atoms with Crippen molar-refractivity contribution in [2.24, 2.45) is 5.73 Å². The van der Waals surface area contributed by atoms with E-state index >= 15 is 0 Å². The quantitative estimate of drug-likeness (QED) is 0.560. The van der Waals surface area contributed by atoms with Crippen LogP contribution in [0.4, 0.5) is 5.69 Å². The standard InChI is InChI=1S/C18H20N2O5/c1-11(21)4-2-3-5-17(23)20-13-6-7-14-12(8-16(19)22)9-18(24)25-15(14)10-13/h6-7,9-10H,2-5,8H2,1H3,(H2,19,22)(H,20,23). The molecule has 1 aromatic heterocycles. The Morgan fingerprint density at radius 2 is 1.84 bits per heavy atom. The summed E-state index contributed by atoms with van der Waals surface area (Å²) in [5, 5.41) is 3.32. The molecule has 3 N–H and O–H groups in total. The number of carbonyl (C=O) groups is 3. The molecule has 2 amide bonds. The van der Waals surface area contributed by atoms with Crippen molar-refractivity contribution in [2.75, 3.05) is 5.32 Å². The van der Waals surface area contributed by atoms with Gasteiger partial charge in [0.15, 0.2) is 0 Å². The van der Waals surface area contributed by atoms with Gasteiger partial charge in [0, 0.05) is 36.0 Å². The van der Waals surface area contributed by atoms with E-state index in [2.05, 4.69) is 5.32 Å². The molecule has 2 aromatic rings. The fourth-order valence-corrected chi connectivity index (χ4v) is 2.52. The molecule has 0 aliphatic carbocycles. The normalized spacial score (nSPS) is 10.6. The average molecular weight is 344 g/mol. The van der Waals surface area contributed by atoms with E-state index in [1.54, 1.807) is 12.1 Å². The fraction of sp³-hybridized carbons (Fsp3) is 0.333. The third kappa shape index (κ3) is 5.56. The first kappa shape index (κ1) is 18.4. The van der Waals surface area contributed by atoms with Gasteiger partial charge in [-0.05, 0) is 37.5 Å². The van der Waals surface area contributed by atoms with Crippen molar-refractivity contribution < 1.29 is 18.8 Å². The van der Waals surface area contributed by atoms with Crippen molar-refractivity contribution in [1.29, 1.82) is 0 Å². The Labute approximate surface area is 144 Å². The summed E-state index contributed by atoms with van der Waals surface area (Å²) in [6.45, 7) is 1.52. The SMILES string of the molecule is CC(=O)CCCCC(=O)Nc1ccc2c(CC(N)=O)cc(=O)oc2c1. The largest absolute Gasteiger partial charge is 0.423 e. The Balaban J connectivity index is 2.10. The number of nitrogens with one attached hydrogen (secondary N) is 1. The molecule has 0 saturated carbocycles. The summed E-state index contributed by atoms with van der Waals surface area (Å²) >= 11 is 0. The number of Topliss-reactive ketones (excluding diaryl/α,β-unsaturated/α-hetero) is 1. The van der Waals surface area contributed by atoms with E-state index < -0.39 is 11.5 Å². The summed E-state index contributed by atoms with van der Waals surface area (Å²) in [7, 11) is 0. The smallest absolute Gasteiger partial charge is 0.336 e. The van der Waals surface area contributed by atoms with Gasteiger partial charge in [-0.2, -0.15) is 0 Å². The zero-order valence-corrected chi connectivity index (χ0v) is 14.0. The number of hydrogen-bond acceptors (Lipinski definition) is 5. The maximum atomic E-state index is 11.9. The summed E-state index contributed by atoms with van der Waals surface area (Å²) in [4.78, 5) is 45.5. The monoisotopic (exact) mass is 344 g/mol. The minimum atomic E-state index is -0.587. The lowest BCUT2D eigenvalue weighted by molar-refractivity contribution is -0.118. The van der Waals surface area contributed by atoms with Gasteiger partial charge >= 0.3 is 5.63 Å². The number of carbonyl (C=O) groups excluding carboxylic acids is 3. The van der Waals surface area contributed by atoms with Crippen LogP contribution in [0.15, 0.2) is 33.5 Å². The molecular weight excluding hydrogens is 324 g/mol. The van der Waals surface area contributed by atoms with Crippen LogP contribution in [-0.2, 0) is 20.8 Å². The van der Waals surface area contributed by atoms with Crippen LogP contribution in [-0.4, -0.2) is 17.6 Å². The molecule has 0 aliphatic heterocycles. The zero-order chi connectivity index (χ0) is 18.4. The van der Waals surface area contributed by atoms with Crippen molar-refractivity contribution >= 4 is 34.3 Å². The average Bonchev–Trinajstić information content (AvgIpc) is 2.50. The Morgan fingerprint density at radius 3 is 2.52 bits per heavy atom. The van der Waals surface area contributed by atoms with Gasteiger partial charge in [-0.15, -0.1) is 0 Å². The molecule has 0 fully saturated rings. The molecule has 2 rings (SSSR count). The predicted molar refractivity (Wildman–Crippen MR) is 93.2 cm³/mol. The number of nitrogens with two attached hydrogens (primary N) is 1. The molecule has 0 atom stereocenters. The molecule has 132 valence electrons. The first-order chi connectivity index (χ1) is 11.8. The van der Waals surface area contributed by atoms with Gasteiger partial charge < -0.3 is 20.3 Å². The topological polar surface area (TPSA) is 119 Å². The first-order valence-electron chi connectivity index (χ1n) is 7.99. The van der Waals surface area contributed by atoms with E-state index in [-0.39, 0.29) is 23.7 Å². The summed E-state index contributed by atoms with van der Waals surface area (Å²) in [5.41, 5.74) is 5.85. The number of fused-ring (bicyclic) bond motifs is 1. The molecular formula is C18H20N2O5. The molecule has 0 radical (unpaired) electrons. The van der Waals surface area contributed by atoms with E-state index in [4.69, 9.17) is 10.2 Å². The second-order valence-corrected chi connectivity index (χ2v) is 5.90. The summed E-state index contributed by atoms with van der Waals surface area (Å²) in [5.74, 6) is -0.620. The summed E-state index contributed by atoms with van der Waals surface area (Å²) in [6.07, 6.45) is 2.00. The number of hydrogen-bond donors (Lipinski definition) is 2. The lowest BCUT2D eigenvalue weighted by atomic mass is 10.1. The highest BCUT2D eigenvalue weighted by Crippen LogP contribution is 2.22. The third-order valence-corrected chi connectivity index (χ3v) is 3.66. The third-order valence-electron chi connectivity index (χ3n) is 3.66. The zero-order valence-electron chi connectivity index (χ0n) is 14.0. The van der Waals surface area contributed by atoms with Crippen LogP contribution < -0.4 is 16.7 Å². The van der Waals surface area contributed by atoms with Gasteiger partial charge in [0.25, 0.3) is 0 Å². The molecule has 0 unspecified atom stereocenters. The highest BCUT2D eigenvalue weighted by Gasteiger charge is 2.10. The van der Waals surface area contributed by atoms with Crippen LogP contribution in [0.25, 0.3) is 11.0 Å². The first-order valence-corrected chi connectivity index (χ1v) is 7.99. The Hall–Kier alpha value is -2.96. The Bertz CT molecular complexity index is 869. The van der Waals surface area contributed by atoms with Gasteiger partial charge in [-0.3, -0.25) is 9.59 Å². The molecule has 1 aromatic carbocycles. The van der Waals surface area contributed by atoms with Gasteiger partial charge in [0.1, 0.15) is 11.4 Å². The Kier molecular flexibility index (Phi) is 6.05. The second-order valence-electron chi connectivity index (χ2n) is 5.90. The highest BCUT2D eigenvalue weighted by atomic mass is 16.4. The van der Waals surface area contributed by atoms with Crippen molar-refractivity contribution in [3.63, 3.8) is 0 Å². The van der Waals surface area contributed by atoms with Crippen LogP contribution in [0, 0.1) is 0 Å². The van der Waals surface area contributed by atoms with Crippen LogP contribution in [0.5, 0.6) is 0 Å². The van der Waals surface area contributed by atoms with Gasteiger partial charge in [0.2, 0.25) is 11.8 Å². The summed E-state index contributed by atoms with van der Waals surface area (Å²) < 4.78 is 5.13. The molecule has 0 bridgehead atoms. The number of unbranched alkanes of at least 4 members (excludes halogenated alkanes) is 1. The van der Waals surface area contributed by atoms with E-state index in [0.717, 1.165) is 0 Å². The van der Waals surface area contributed by atoms with Crippen LogP contribution in [0.2, 0.25) is 0 Å². The number of benzene rings is 1. The second kappa shape index (κ2) is 8.23. The maximum absolute atomic E-state index is 11.9. The maximum Gasteiger partial charge on any atom is 0.336 e. The Morgan fingerprint density at radius 1 is 1.12 bits per heavy atom. The number of anilines is 1.